The molecule has 2 aromatic carbocycles. The Hall–Kier alpha value is -1.69. The predicted molar refractivity (Wildman–Crippen MR) is 94.2 cm³/mol. The molecule has 0 aliphatic heterocycles. The zero-order valence-corrected chi connectivity index (χ0v) is 14.2. The monoisotopic (exact) mass is 374 g/mol. The van der Waals surface area contributed by atoms with Crippen LogP contribution in [0.4, 0.5) is 5.69 Å². The third-order valence-corrected chi connectivity index (χ3v) is 4.63. The summed E-state index contributed by atoms with van der Waals surface area (Å²) in [5.74, 6) is 0. The molecule has 0 amide bonds. The van der Waals surface area contributed by atoms with Crippen LogP contribution in [0.1, 0.15) is 0 Å². The van der Waals surface area contributed by atoms with Gasteiger partial charge in [-0.05, 0) is 29.8 Å². The van der Waals surface area contributed by atoms with Crippen molar-refractivity contribution in [1.29, 1.82) is 0 Å². The molecule has 1 aromatic heterocycles. The second-order valence-electron chi connectivity index (χ2n) is 4.73. The van der Waals surface area contributed by atoms with Gasteiger partial charge in [0, 0.05) is 16.4 Å². The summed E-state index contributed by atoms with van der Waals surface area (Å²) in [4.78, 5) is 5.58. The van der Waals surface area contributed by atoms with E-state index in [9.17, 15) is 5.11 Å². The molecule has 0 aliphatic carbocycles. The Bertz CT molecular complexity index is 807. The van der Waals surface area contributed by atoms with E-state index in [1.807, 2.05) is 42.5 Å². The smallest absolute Gasteiger partial charge is 0.190 e. The van der Waals surface area contributed by atoms with Crippen molar-refractivity contribution in [3.63, 3.8) is 0 Å². The van der Waals surface area contributed by atoms with Gasteiger partial charge >= 0.3 is 0 Å². The second kappa shape index (κ2) is 7.05. The first-order valence-electron chi connectivity index (χ1n) is 6.93. The Morgan fingerprint density at radius 1 is 1.05 bits per heavy atom. The zero-order chi connectivity index (χ0) is 15.4. The number of aliphatic hydroxyl groups is 1. The van der Waals surface area contributed by atoms with E-state index < -0.39 is 0 Å². The maximum Gasteiger partial charge on any atom is 0.190 e. The summed E-state index contributed by atoms with van der Waals surface area (Å²) in [5.41, 5.74) is 3.11. The van der Waals surface area contributed by atoms with Crippen LogP contribution in [0.5, 0.6) is 0 Å². The van der Waals surface area contributed by atoms with E-state index in [0.717, 1.165) is 26.2 Å². The molecule has 1 heterocycles. The first-order chi connectivity index (χ1) is 10.8. The van der Waals surface area contributed by atoms with Gasteiger partial charge in [0.1, 0.15) is 0 Å². The summed E-state index contributed by atoms with van der Waals surface area (Å²) in [6.45, 7) is 0.618. The minimum absolute atomic E-state index is 0.0874. The lowest BCUT2D eigenvalue weighted by molar-refractivity contribution is 0.275. The van der Waals surface area contributed by atoms with Crippen molar-refractivity contribution in [3.05, 3.63) is 69.3 Å². The van der Waals surface area contributed by atoms with E-state index in [0.29, 0.717) is 6.54 Å². The fourth-order valence-corrected chi connectivity index (χ4v) is 3.42. The van der Waals surface area contributed by atoms with Gasteiger partial charge in [-0.2, -0.15) is 0 Å². The Morgan fingerprint density at radius 3 is 2.45 bits per heavy atom. The molecule has 0 saturated carbocycles. The van der Waals surface area contributed by atoms with Gasteiger partial charge in [-0.15, -0.1) is 11.3 Å². The number of aromatic nitrogens is 1. The lowest BCUT2D eigenvalue weighted by Crippen LogP contribution is -2.17. The minimum atomic E-state index is 0.0874. The third kappa shape index (κ3) is 3.38. The van der Waals surface area contributed by atoms with Gasteiger partial charge in [-0.25, -0.2) is 4.99 Å². The quantitative estimate of drug-likeness (QED) is 0.729. The fourth-order valence-electron chi connectivity index (χ4n) is 2.20. The highest BCUT2D eigenvalue weighted by Crippen LogP contribution is 2.21. The fraction of sp³-hybridized carbons (Fsp3) is 0.118. The summed E-state index contributed by atoms with van der Waals surface area (Å²) in [7, 11) is 0. The number of hydrogen-bond acceptors (Lipinski definition) is 3. The number of nitrogens with zero attached hydrogens (tertiary/aromatic N) is 2. The molecular formula is C17H15BrN2OS. The number of aliphatic hydroxyl groups excluding tert-OH is 1. The van der Waals surface area contributed by atoms with E-state index in [-0.39, 0.29) is 6.61 Å². The van der Waals surface area contributed by atoms with Crippen LogP contribution in [-0.4, -0.2) is 16.3 Å². The standard InChI is InChI=1S/C17H15BrN2OS/c18-14-6-8-15(9-7-14)19-17-20(10-11-21)16(12-22-17)13-4-2-1-3-5-13/h1-9,12,21H,10-11H2. The molecule has 0 atom stereocenters. The van der Waals surface area contributed by atoms with E-state index in [2.05, 4.69) is 38.0 Å². The number of benzene rings is 2. The molecule has 0 fully saturated rings. The van der Waals surface area contributed by atoms with Crippen LogP contribution >= 0.6 is 27.3 Å². The van der Waals surface area contributed by atoms with Gasteiger partial charge < -0.3 is 9.67 Å². The van der Waals surface area contributed by atoms with E-state index >= 15 is 0 Å². The van der Waals surface area contributed by atoms with Gasteiger partial charge in [0.05, 0.1) is 18.0 Å². The summed E-state index contributed by atoms with van der Waals surface area (Å²) in [6.07, 6.45) is 0. The lowest BCUT2D eigenvalue weighted by atomic mass is 10.2. The van der Waals surface area contributed by atoms with E-state index in [1.165, 1.54) is 0 Å². The van der Waals surface area contributed by atoms with Crippen LogP contribution in [0.3, 0.4) is 0 Å². The van der Waals surface area contributed by atoms with Crippen molar-refractivity contribution in [2.45, 2.75) is 6.54 Å². The van der Waals surface area contributed by atoms with Crippen molar-refractivity contribution in [2.24, 2.45) is 4.99 Å². The molecule has 3 rings (SSSR count). The second-order valence-corrected chi connectivity index (χ2v) is 6.49. The topological polar surface area (TPSA) is 37.5 Å². The van der Waals surface area contributed by atoms with Crippen LogP contribution in [-0.2, 0) is 6.54 Å². The average Bonchev–Trinajstić information content (AvgIpc) is 2.94. The molecule has 3 nitrogen and oxygen atoms in total. The van der Waals surface area contributed by atoms with Crippen molar-refractivity contribution < 1.29 is 5.11 Å². The molecule has 0 unspecified atom stereocenters. The summed E-state index contributed by atoms with van der Waals surface area (Å²) >= 11 is 5.01. The SMILES string of the molecule is OCCn1c(-c2ccccc2)csc1=Nc1ccc(Br)cc1. The predicted octanol–water partition coefficient (Wildman–Crippen LogP) is 4.20. The van der Waals surface area contributed by atoms with E-state index in [1.54, 1.807) is 11.3 Å². The summed E-state index contributed by atoms with van der Waals surface area (Å²) in [5, 5.41) is 11.5. The molecular weight excluding hydrogens is 360 g/mol. The largest absolute Gasteiger partial charge is 0.395 e. The van der Waals surface area contributed by atoms with Crippen LogP contribution in [0, 0.1) is 0 Å². The normalized spacial score (nSPS) is 11.8. The number of halogens is 1. The lowest BCUT2D eigenvalue weighted by Gasteiger charge is -2.07. The van der Waals surface area contributed by atoms with E-state index in [4.69, 9.17) is 4.99 Å². The molecule has 0 spiro atoms. The Balaban J connectivity index is 2.09. The molecule has 0 aliphatic rings. The van der Waals surface area contributed by atoms with Crippen molar-refractivity contribution in [3.8, 4) is 11.3 Å². The molecule has 22 heavy (non-hydrogen) atoms. The van der Waals surface area contributed by atoms with Crippen LogP contribution in [0.2, 0.25) is 0 Å². The Labute approximate surface area is 141 Å². The highest BCUT2D eigenvalue weighted by atomic mass is 79.9. The van der Waals surface area contributed by atoms with Crippen molar-refractivity contribution in [1.82, 2.24) is 4.57 Å². The molecule has 0 bridgehead atoms. The maximum atomic E-state index is 9.37. The molecule has 0 radical (unpaired) electrons. The minimum Gasteiger partial charge on any atom is -0.395 e. The average molecular weight is 375 g/mol. The Kier molecular flexibility index (Phi) is 4.87. The summed E-state index contributed by atoms with van der Waals surface area (Å²) in [6, 6.07) is 18.0. The van der Waals surface area contributed by atoms with Gasteiger partial charge in [-0.3, -0.25) is 0 Å². The zero-order valence-electron chi connectivity index (χ0n) is 11.8. The molecule has 3 aromatic rings. The van der Waals surface area contributed by atoms with Gasteiger partial charge in [0.2, 0.25) is 0 Å². The highest BCUT2D eigenvalue weighted by molar-refractivity contribution is 9.10. The first-order valence-corrected chi connectivity index (χ1v) is 8.60. The van der Waals surface area contributed by atoms with Gasteiger partial charge in [-0.1, -0.05) is 46.3 Å². The summed E-state index contributed by atoms with van der Waals surface area (Å²) < 4.78 is 3.09. The number of thiazole rings is 1. The van der Waals surface area contributed by atoms with Crippen LogP contribution in [0.15, 0.2) is 69.4 Å². The molecule has 0 saturated heterocycles. The molecule has 1 N–H and O–H groups in total. The van der Waals surface area contributed by atoms with Crippen molar-refractivity contribution >= 4 is 33.0 Å². The third-order valence-electron chi connectivity index (χ3n) is 3.24. The molecule has 5 heteroatoms. The van der Waals surface area contributed by atoms with Crippen LogP contribution in [0.25, 0.3) is 11.3 Å². The van der Waals surface area contributed by atoms with Gasteiger partial charge in [0.25, 0.3) is 0 Å². The highest BCUT2D eigenvalue weighted by Gasteiger charge is 2.07. The van der Waals surface area contributed by atoms with Crippen LogP contribution < -0.4 is 4.80 Å². The Morgan fingerprint density at radius 2 is 1.77 bits per heavy atom. The van der Waals surface area contributed by atoms with Gasteiger partial charge in [0.15, 0.2) is 4.80 Å². The maximum absolute atomic E-state index is 9.37. The van der Waals surface area contributed by atoms with Crippen molar-refractivity contribution in [2.75, 3.05) is 6.61 Å². The number of rotatable bonds is 4. The number of hydrogen-bond donors (Lipinski definition) is 1. The molecule has 112 valence electrons. The first kappa shape index (κ1) is 15.2.